The van der Waals surface area contributed by atoms with E-state index in [-0.39, 0.29) is 0 Å². The minimum Gasteiger partial charge on any atom is -0.310 e. The lowest BCUT2D eigenvalue weighted by atomic mass is 10.00. The molecule has 21 heavy (non-hydrogen) atoms. The standard InChI is InChI=1S/C20H25N/c1-2-3-5-16-8-10-18(11-9-16)19-7-4-6-17(14-19)15-21-20-12-13-20/h4,6-11,14,20-21H,2-3,5,12-13,15H2,1H3. The molecule has 3 rings (SSSR count). The van der Waals surface area contributed by atoms with Gasteiger partial charge in [-0.2, -0.15) is 0 Å². The molecule has 1 aliphatic carbocycles. The SMILES string of the molecule is CCCCc1ccc(-c2cccc(CNC3CC3)c2)cc1. The monoisotopic (exact) mass is 279 g/mol. The molecule has 0 radical (unpaired) electrons. The fourth-order valence-corrected chi connectivity index (χ4v) is 2.66. The summed E-state index contributed by atoms with van der Waals surface area (Å²) in [6.07, 6.45) is 6.43. The number of benzene rings is 2. The summed E-state index contributed by atoms with van der Waals surface area (Å²) in [5.41, 5.74) is 5.48. The zero-order valence-corrected chi connectivity index (χ0v) is 12.9. The van der Waals surface area contributed by atoms with Gasteiger partial charge in [0, 0.05) is 12.6 Å². The minimum atomic E-state index is 0.770. The van der Waals surface area contributed by atoms with Crippen LogP contribution in [0.5, 0.6) is 0 Å². The number of rotatable bonds is 7. The lowest BCUT2D eigenvalue weighted by Gasteiger charge is -2.08. The van der Waals surface area contributed by atoms with Crippen molar-refractivity contribution in [2.75, 3.05) is 0 Å². The van der Waals surface area contributed by atoms with Crippen molar-refractivity contribution in [2.45, 2.75) is 51.6 Å². The lowest BCUT2D eigenvalue weighted by Crippen LogP contribution is -2.15. The molecular formula is C20H25N. The Labute approximate surface area is 128 Å². The van der Waals surface area contributed by atoms with Gasteiger partial charge in [0.05, 0.1) is 0 Å². The summed E-state index contributed by atoms with van der Waals surface area (Å²) in [6.45, 7) is 3.24. The van der Waals surface area contributed by atoms with Gasteiger partial charge in [-0.25, -0.2) is 0 Å². The molecule has 2 aromatic carbocycles. The van der Waals surface area contributed by atoms with Crippen LogP contribution >= 0.6 is 0 Å². The average Bonchev–Trinajstić information content (AvgIpc) is 3.36. The Hall–Kier alpha value is -1.60. The number of unbranched alkanes of at least 4 members (excludes halogenated alkanes) is 1. The molecule has 0 atom stereocenters. The van der Waals surface area contributed by atoms with Crippen LogP contribution in [0.15, 0.2) is 48.5 Å². The number of hydrogen-bond acceptors (Lipinski definition) is 1. The van der Waals surface area contributed by atoms with Crippen molar-refractivity contribution < 1.29 is 0 Å². The highest BCUT2D eigenvalue weighted by atomic mass is 14.9. The molecule has 0 spiro atoms. The van der Waals surface area contributed by atoms with Gasteiger partial charge in [-0.05, 0) is 54.0 Å². The summed E-state index contributed by atoms with van der Waals surface area (Å²) in [4.78, 5) is 0. The normalized spacial score (nSPS) is 14.3. The maximum absolute atomic E-state index is 3.58. The molecule has 0 aromatic heterocycles. The third-order valence-corrected chi connectivity index (χ3v) is 4.21. The summed E-state index contributed by atoms with van der Waals surface area (Å²) in [5, 5.41) is 3.58. The zero-order valence-electron chi connectivity index (χ0n) is 12.9. The predicted molar refractivity (Wildman–Crippen MR) is 90.4 cm³/mol. The zero-order chi connectivity index (χ0) is 14.5. The molecule has 1 N–H and O–H groups in total. The maximum atomic E-state index is 3.58. The molecule has 0 heterocycles. The van der Waals surface area contributed by atoms with E-state index < -0.39 is 0 Å². The van der Waals surface area contributed by atoms with E-state index in [0.29, 0.717) is 0 Å². The van der Waals surface area contributed by atoms with E-state index in [2.05, 4.69) is 60.8 Å². The Morgan fingerprint density at radius 3 is 2.48 bits per heavy atom. The fourth-order valence-electron chi connectivity index (χ4n) is 2.66. The first-order chi connectivity index (χ1) is 10.3. The van der Waals surface area contributed by atoms with Crippen molar-refractivity contribution in [3.05, 3.63) is 59.7 Å². The van der Waals surface area contributed by atoms with Gasteiger partial charge in [-0.1, -0.05) is 55.8 Å². The summed E-state index contributed by atoms with van der Waals surface area (Å²) in [6, 6.07) is 18.8. The smallest absolute Gasteiger partial charge is 0.0208 e. The highest BCUT2D eigenvalue weighted by Gasteiger charge is 2.19. The predicted octanol–water partition coefficient (Wildman–Crippen LogP) is 4.95. The third kappa shape index (κ3) is 4.18. The van der Waals surface area contributed by atoms with E-state index in [1.807, 2.05) is 0 Å². The van der Waals surface area contributed by atoms with Crippen molar-refractivity contribution in [1.82, 2.24) is 5.32 Å². The molecule has 0 amide bonds. The van der Waals surface area contributed by atoms with E-state index in [0.717, 1.165) is 12.6 Å². The molecule has 1 nitrogen and oxygen atoms in total. The molecule has 0 saturated heterocycles. The maximum Gasteiger partial charge on any atom is 0.0208 e. The van der Waals surface area contributed by atoms with Gasteiger partial charge in [-0.15, -0.1) is 0 Å². The van der Waals surface area contributed by atoms with Crippen molar-refractivity contribution in [3.63, 3.8) is 0 Å². The number of aryl methyl sites for hydroxylation is 1. The molecule has 0 aliphatic heterocycles. The van der Waals surface area contributed by atoms with Crippen LogP contribution < -0.4 is 5.32 Å². The van der Waals surface area contributed by atoms with Crippen LogP contribution in [0, 0.1) is 0 Å². The van der Waals surface area contributed by atoms with Gasteiger partial charge >= 0.3 is 0 Å². The summed E-state index contributed by atoms with van der Waals surface area (Å²) in [7, 11) is 0. The topological polar surface area (TPSA) is 12.0 Å². The van der Waals surface area contributed by atoms with Crippen molar-refractivity contribution >= 4 is 0 Å². The average molecular weight is 279 g/mol. The molecule has 0 unspecified atom stereocenters. The van der Waals surface area contributed by atoms with Crippen LogP contribution in [0.4, 0.5) is 0 Å². The van der Waals surface area contributed by atoms with Crippen molar-refractivity contribution in [2.24, 2.45) is 0 Å². The van der Waals surface area contributed by atoms with Crippen LogP contribution in [-0.4, -0.2) is 6.04 Å². The van der Waals surface area contributed by atoms with E-state index in [1.165, 1.54) is 54.4 Å². The van der Waals surface area contributed by atoms with Gasteiger partial charge < -0.3 is 5.32 Å². The van der Waals surface area contributed by atoms with Gasteiger partial charge in [0.2, 0.25) is 0 Å². The third-order valence-electron chi connectivity index (χ3n) is 4.21. The first kappa shape index (κ1) is 14.3. The first-order valence-electron chi connectivity index (χ1n) is 8.27. The van der Waals surface area contributed by atoms with Crippen LogP contribution in [0.2, 0.25) is 0 Å². The Kier molecular flexibility index (Phi) is 4.72. The van der Waals surface area contributed by atoms with Crippen molar-refractivity contribution in [3.8, 4) is 11.1 Å². The Morgan fingerprint density at radius 2 is 1.76 bits per heavy atom. The summed E-state index contributed by atoms with van der Waals surface area (Å²) >= 11 is 0. The Balaban J connectivity index is 1.68. The molecule has 1 saturated carbocycles. The highest BCUT2D eigenvalue weighted by Crippen LogP contribution is 2.23. The molecule has 1 fully saturated rings. The quantitative estimate of drug-likeness (QED) is 0.756. The second kappa shape index (κ2) is 6.91. The molecule has 110 valence electrons. The molecule has 1 aliphatic rings. The van der Waals surface area contributed by atoms with Crippen LogP contribution in [0.1, 0.15) is 43.7 Å². The lowest BCUT2D eigenvalue weighted by molar-refractivity contribution is 0.688. The second-order valence-corrected chi connectivity index (χ2v) is 6.16. The van der Waals surface area contributed by atoms with Crippen molar-refractivity contribution in [1.29, 1.82) is 0 Å². The van der Waals surface area contributed by atoms with E-state index >= 15 is 0 Å². The first-order valence-corrected chi connectivity index (χ1v) is 8.27. The van der Waals surface area contributed by atoms with Crippen LogP contribution in [0.25, 0.3) is 11.1 Å². The summed E-state index contributed by atoms with van der Waals surface area (Å²) < 4.78 is 0. The Morgan fingerprint density at radius 1 is 0.952 bits per heavy atom. The number of nitrogens with one attached hydrogen (secondary N) is 1. The summed E-state index contributed by atoms with van der Waals surface area (Å²) in [5.74, 6) is 0. The molecular weight excluding hydrogens is 254 g/mol. The van der Waals surface area contributed by atoms with Gasteiger partial charge in [-0.3, -0.25) is 0 Å². The Bertz CT molecular complexity index is 567. The van der Waals surface area contributed by atoms with Crippen LogP contribution in [-0.2, 0) is 13.0 Å². The minimum absolute atomic E-state index is 0.770. The van der Waals surface area contributed by atoms with Crippen LogP contribution in [0.3, 0.4) is 0 Å². The van der Waals surface area contributed by atoms with E-state index in [4.69, 9.17) is 0 Å². The van der Waals surface area contributed by atoms with E-state index in [9.17, 15) is 0 Å². The van der Waals surface area contributed by atoms with Gasteiger partial charge in [0.25, 0.3) is 0 Å². The fraction of sp³-hybridized carbons (Fsp3) is 0.400. The second-order valence-electron chi connectivity index (χ2n) is 6.16. The number of hydrogen-bond donors (Lipinski definition) is 1. The molecule has 1 heteroatoms. The van der Waals surface area contributed by atoms with E-state index in [1.54, 1.807) is 0 Å². The van der Waals surface area contributed by atoms with Gasteiger partial charge in [0.15, 0.2) is 0 Å². The molecule has 0 bridgehead atoms. The van der Waals surface area contributed by atoms with Gasteiger partial charge in [0.1, 0.15) is 0 Å². The largest absolute Gasteiger partial charge is 0.310 e. The highest BCUT2D eigenvalue weighted by molar-refractivity contribution is 5.64. The molecule has 2 aromatic rings.